The van der Waals surface area contributed by atoms with E-state index < -0.39 is 0 Å². The van der Waals surface area contributed by atoms with Gasteiger partial charge in [0, 0.05) is 13.7 Å². The number of hydrogen-bond donors (Lipinski definition) is 1. The van der Waals surface area contributed by atoms with Gasteiger partial charge in [0.15, 0.2) is 0 Å². The lowest BCUT2D eigenvalue weighted by atomic mass is 10.0. The van der Waals surface area contributed by atoms with Crippen LogP contribution in [0.1, 0.15) is 51.4 Å². The van der Waals surface area contributed by atoms with Crippen molar-refractivity contribution in [2.24, 2.45) is 5.92 Å². The molecule has 1 aliphatic carbocycles. The number of rotatable bonds is 7. The van der Waals surface area contributed by atoms with Crippen LogP contribution in [-0.2, 0) is 4.74 Å². The van der Waals surface area contributed by atoms with Gasteiger partial charge in [0.2, 0.25) is 0 Å². The summed E-state index contributed by atoms with van der Waals surface area (Å²) in [5.74, 6) is 0.954. The van der Waals surface area contributed by atoms with Gasteiger partial charge < -0.3 is 10.1 Å². The minimum atomic E-state index is 0.908. The highest BCUT2D eigenvalue weighted by Gasteiger charge is 2.10. The molecule has 1 saturated carbocycles. The lowest BCUT2D eigenvalue weighted by Gasteiger charge is -2.14. The molecule has 15 heavy (non-hydrogen) atoms. The normalized spacial score (nSPS) is 19.0. The van der Waals surface area contributed by atoms with E-state index in [0.29, 0.717) is 0 Å². The van der Waals surface area contributed by atoms with Crippen molar-refractivity contribution in [3.8, 4) is 0 Å². The Kier molecular flexibility index (Phi) is 7.94. The summed E-state index contributed by atoms with van der Waals surface area (Å²) in [6, 6.07) is 0. The van der Waals surface area contributed by atoms with E-state index in [9.17, 15) is 0 Å². The third-order valence-electron chi connectivity index (χ3n) is 3.36. The Hall–Kier alpha value is -0.0800. The molecule has 0 spiro atoms. The Bertz CT molecular complexity index is 130. The van der Waals surface area contributed by atoms with Gasteiger partial charge in [0.1, 0.15) is 0 Å². The van der Waals surface area contributed by atoms with Crippen molar-refractivity contribution in [3.63, 3.8) is 0 Å². The van der Waals surface area contributed by atoms with Gasteiger partial charge in [-0.05, 0) is 44.7 Å². The van der Waals surface area contributed by atoms with Crippen LogP contribution >= 0.6 is 0 Å². The zero-order chi connectivity index (χ0) is 10.8. The Balaban J connectivity index is 1.89. The van der Waals surface area contributed by atoms with Crippen LogP contribution in [0.15, 0.2) is 0 Å². The molecule has 0 atom stereocenters. The van der Waals surface area contributed by atoms with E-state index in [1.165, 1.54) is 64.5 Å². The fourth-order valence-corrected chi connectivity index (χ4v) is 2.37. The third-order valence-corrected chi connectivity index (χ3v) is 3.36. The highest BCUT2D eigenvalue weighted by Crippen LogP contribution is 2.21. The standard InChI is InChI=1S/C13H27NO/c1-15-11-7-6-10-14-12-13-8-4-2-3-5-9-13/h13-14H,2-12H2,1H3. The maximum absolute atomic E-state index is 5.03. The lowest BCUT2D eigenvalue weighted by Crippen LogP contribution is -2.23. The second-order valence-electron chi connectivity index (χ2n) is 4.76. The molecule has 90 valence electrons. The molecular formula is C13H27NO. The quantitative estimate of drug-likeness (QED) is 0.518. The minimum absolute atomic E-state index is 0.908. The molecule has 1 aliphatic rings. The predicted octanol–water partition coefficient (Wildman–Crippen LogP) is 2.97. The summed E-state index contributed by atoms with van der Waals surface area (Å²) < 4.78 is 5.03. The van der Waals surface area contributed by atoms with Crippen LogP contribution in [0.2, 0.25) is 0 Å². The molecule has 1 rings (SSSR count). The summed E-state index contributed by atoms with van der Waals surface area (Å²) in [6.07, 6.45) is 11.2. The van der Waals surface area contributed by atoms with Crippen LogP contribution < -0.4 is 5.32 Å². The Morgan fingerprint density at radius 2 is 1.80 bits per heavy atom. The summed E-state index contributed by atoms with van der Waals surface area (Å²) >= 11 is 0. The van der Waals surface area contributed by atoms with E-state index in [1.54, 1.807) is 7.11 Å². The molecule has 0 aromatic carbocycles. The van der Waals surface area contributed by atoms with Crippen molar-refractivity contribution in [2.45, 2.75) is 51.4 Å². The van der Waals surface area contributed by atoms with E-state index in [1.807, 2.05) is 0 Å². The number of hydrogen-bond acceptors (Lipinski definition) is 2. The van der Waals surface area contributed by atoms with Crippen molar-refractivity contribution in [1.29, 1.82) is 0 Å². The van der Waals surface area contributed by atoms with Crippen LogP contribution in [0, 0.1) is 5.92 Å². The number of nitrogens with one attached hydrogen (secondary N) is 1. The topological polar surface area (TPSA) is 21.3 Å². The van der Waals surface area contributed by atoms with Crippen molar-refractivity contribution >= 4 is 0 Å². The van der Waals surface area contributed by atoms with Gasteiger partial charge in [-0.15, -0.1) is 0 Å². The first-order valence-corrected chi connectivity index (χ1v) is 6.63. The fraction of sp³-hybridized carbons (Fsp3) is 1.00. The maximum Gasteiger partial charge on any atom is 0.0462 e. The van der Waals surface area contributed by atoms with E-state index in [4.69, 9.17) is 4.74 Å². The predicted molar refractivity (Wildman–Crippen MR) is 65.2 cm³/mol. The van der Waals surface area contributed by atoms with Crippen LogP contribution in [-0.4, -0.2) is 26.8 Å². The highest BCUT2D eigenvalue weighted by molar-refractivity contribution is 4.66. The molecule has 2 nitrogen and oxygen atoms in total. The van der Waals surface area contributed by atoms with Gasteiger partial charge in [-0.25, -0.2) is 0 Å². The van der Waals surface area contributed by atoms with E-state index >= 15 is 0 Å². The van der Waals surface area contributed by atoms with E-state index in [2.05, 4.69) is 5.32 Å². The Morgan fingerprint density at radius 1 is 1.07 bits per heavy atom. The van der Waals surface area contributed by atoms with Gasteiger partial charge in [-0.2, -0.15) is 0 Å². The molecule has 0 aromatic rings. The molecule has 0 aliphatic heterocycles. The average Bonchev–Trinajstić information content (AvgIpc) is 2.52. The van der Waals surface area contributed by atoms with Crippen LogP contribution in [0.25, 0.3) is 0 Å². The molecule has 2 heteroatoms. The zero-order valence-corrected chi connectivity index (χ0v) is 10.3. The SMILES string of the molecule is COCCCCNCC1CCCCCC1. The van der Waals surface area contributed by atoms with Crippen LogP contribution in [0.3, 0.4) is 0 Å². The Morgan fingerprint density at radius 3 is 2.47 bits per heavy atom. The lowest BCUT2D eigenvalue weighted by molar-refractivity contribution is 0.192. The molecule has 0 amide bonds. The smallest absolute Gasteiger partial charge is 0.0462 e. The van der Waals surface area contributed by atoms with E-state index in [0.717, 1.165) is 12.5 Å². The molecular weight excluding hydrogens is 186 g/mol. The number of unbranched alkanes of at least 4 members (excludes halogenated alkanes) is 1. The second-order valence-corrected chi connectivity index (χ2v) is 4.76. The fourth-order valence-electron chi connectivity index (χ4n) is 2.37. The van der Waals surface area contributed by atoms with Gasteiger partial charge in [-0.1, -0.05) is 25.7 Å². The minimum Gasteiger partial charge on any atom is -0.385 e. The summed E-state index contributed by atoms with van der Waals surface area (Å²) in [6.45, 7) is 3.32. The van der Waals surface area contributed by atoms with Gasteiger partial charge in [0.25, 0.3) is 0 Å². The van der Waals surface area contributed by atoms with Crippen molar-refractivity contribution in [2.75, 3.05) is 26.8 Å². The summed E-state index contributed by atoms with van der Waals surface area (Å²) in [5, 5.41) is 3.59. The first-order chi connectivity index (χ1) is 7.43. The van der Waals surface area contributed by atoms with Crippen molar-refractivity contribution in [1.82, 2.24) is 5.32 Å². The van der Waals surface area contributed by atoms with Gasteiger partial charge >= 0.3 is 0 Å². The van der Waals surface area contributed by atoms with E-state index in [-0.39, 0.29) is 0 Å². The highest BCUT2D eigenvalue weighted by atomic mass is 16.5. The van der Waals surface area contributed by atoms with Crippen LogP contribution in [0.4, 0.5) is 0 Å². The first-order valence-electron chi connectivity index (χ1n) is 6.63. The van der Waals surface area contributed by atoms with Crippen molar-refractivity contribution in [3.05, 3.63) is 0 Å². The van der Waals surface area contributed by atoms with Gasteiger partial charge in [-0.3, -0.25) is 0 Å². The third kappa shape index (κ3) is 6.91. The molecule has 0 unspecified atom stereocenters. The number of methoxy groups -OCH3 is 1. The molecule has 0 bridgehead atoms. The summed E-state index contributed by atoms with van der Waals surface area (Å²) in [4.78, 5) is 0. The Labute approximate surface area is 94.8 Å². The summed E-state index contributed by atoms with van der Waals surface area (Å²) in [7, 11) is 1.78. The molecule has 0 aromatic heterocycles. The largest absolute Gasteiger partial charge is 0.385 e. The van der Waals surface area contributed by atoms with Crippen LogP contribution in [0.5, 0.6) is 0 Å². The molecule has 0 heterocycles. The summed E-state index contributed by atoms with van der Waals surface area (Å²) in [5.41, 5.74) is 0. The van der Waals surface area contributed by atoms with Gasteiger partial charge in [0.05, 0.1) is 0 Å². The molecule has 1 N–H and O–H groups in total. The maximum atomic E-state index is 5.03. The molecule has 1 fully saturated rings. The zero-order valence-electron chi connectivity index (χ0n) is 10.3. The van der Waals surface area contributed by atoms with Crippen molar-refractivity contribution < 1.29 is 4.74 Å². The first kappa shape index (κ1) is 13.0. The number of ether oxygens (including phenoxy) is 1. The monoisotopic (exact) mass is 213 g/mol. The molecule has 0 radical (unpaired) electrons. The average molecular weight is 213 g/mol. The second kappa shape index (κ2) is 9.17. The molecule has 0 saturated heterocycles.